The van der Waals surface area contributed by atoms with Crippen LogP contribution in [0.25, 0.3) is 0 Å². The number of ketones is 1. The fourth-order valence-corrected chi connectivity index (χ4v) is 6.96. The Morgan fingerprint density at radius 2 is 1.61 bits per heavy atom. The molecule has 0 bridgehead atoms. The Balaban J connectivity index is 1.29. The first-order valence-corrected chi connectivity index (χ1v) is 15.4. The number of aliphatic hydroxyl groups excluding tert-OH is 1. The van der Waals surface area contributed by atoms with E-state index in [-0.39, 0.29) is 5.57 Å². The molecular formula is C31H23N3O4S3. The summed E-state index contributed by atoms with van der Waals surface area (Å²) in [7, 11) is 0. The fraction of sp³-hybridized carbons (Fsp3) is 0.0968. The number of hydrogen-bond acceptors (Lipinski definition) is 9. The lowest BCUT2D eigenvalue weighted by Crippen LogP contribution is -2.31. The third-order valence-corrected chi connectivity index (χ3v) is 9.44. The number of Topliss-reactive ketones (excluding diaryl/α,β-unsaturated/α-hetero) is 1. The second-order valence-corrected chi connectivity index (χ2v) is 12.2. The first-order chi connectivity index (χ1) is 20.1. The SMILES string of the molecule is O=C(C1=C(O)C(=O)N(c2nnc(SCc3ccccc3)s2)C1c1ccc(OCc2ccccc2)cc1)c1cccs1. The zero-order valence-corrected chi connectivity index (χ0v) is 24.0. The quantitative estimate of drug-likeness (QED) is 0.103. The van der Waals surface area contributed by atoms with Gasteiger partial charge in [0.05, 0.1) is 16.5 Å². The van der Waals surface area contributed by atoms with E-state index in [4.69, 9.17) is 4.74 Å². The van der Waals surface area contributed by atoms with Crippen molar-refractivity contribution in [3.63, 3.8) is 0 Å². The Kier molecular flexibility index (Phi) is 7.95. The van der Waals surface area contributed by atoms with Gasteiger partial charge >= 0.3 is 0 Å². The number of anilines is 1. The Hall–Kier alpha value is -4.25. The van der Waals surface area contributed by atoms with Crippen molar-refractivity contribution in [3.8, 4) is 5.75 Å². The number of thiophene rings is 1. The second-order valence-electron chi connectivity index (χ2n) is 9.11. The fourth-order valence-electron chi connectivity index (χ4n) is 4.46. The summed E-state index contributed by atoms with van der Waals surface area (Å²) in [4.78, 5) is 28.8. The van der Waals surface area contributed by atoms with E-state index in [2.05, 4.69) is 10.2 Å². The Morgan fingerprint density at radius 3 is 2.29 bits per heavy atom. The van der Waals surface area contributed by atoms with E-state index in [1.54, 1.807) is 41.8 Å². The number of aromatic nitrogens is 2. The zero-order chi connectivity index (χ0) is 28.2. The Bertz CT molecular complexity index is 1690. The standard InChI is InChI=1S/C31H23N3O4S3/c35-27(24-12-7-17-39-24)25-26(22-13-15-23(16-14-22)38-18-20-8-3-1-4-9-20)34(29(37)28(25)36)30-32-33-31(41-30)40-19-21-10-5-2-6-11-21/h1-17,26,36H,18-19H2. The average molecular weight is 598 g/mol. The molecule has 10 heteroatoms. The number of carbonyl (C=O) groups excluding carboxylic acids is 2. The number of hydrogen-bond donors (Lipinski definition) is 1. The molecule has 0 saturated carbocycles. The van der Waals surface area contributed by atoms with Crippen LogP contribution in [0.4, 0.5) is 5.13 Å². The molecule has 2 aromatic heterocycles. The summed E-state index contributed by atoms with van der Waals surface area (Å²) < 4.78 is 6.61. The van der Waals surface area contributed by atoms with Gasteiger partial charge in [-0.25, -0.2) is 0 Å². The number of ether oxygens (including phenoxy) is 1. The monoisotopic (exact) mass is 597 g/mol. The second kappa shape index (κ2) is 12.1. The molecular weight excluding hydrogens is 575 g/mol. The minimum Gasteiger partial charge on any atom is -0.503 e. The van der Waals surface area contributed by atoms with E-state index < -0.39 is 23.5 Å². The molecule has 3 aromatic carbocycles. The van der Waals surface area contributed by atoms with E-state index in [0.717, 1.165) is 11.1 Å². The third-order valence-electron chi connectivity index (χ3n) is 6.45. The molecule has 41 heavy (non-hydrogen) atoms. The van der Waals surface area contributed by atoms with Gasteiger partial charge in [0.2, 0.25) is 10.9 Å². The predicted molar refractivity (Wildman–Crippen MR) is 162 cm³/mol. The van der Waals surface area contributed by atoms with Gasteiger partial charge in [0.25, 0.3) is 5.91 Å². The maximum absolute atomic E-state index is 13.6. The molecule has 5 aromatic rings. The summed E-state index contributed by atoms with van der Waals surface area (Å²) in [5, 5.41) is 21.7. The highest BCUT2D eigenvalue weighted by Crippen LogP contribution is 2.44. The topological polar surface area (TPSA) is 92.6 Å². The normalized spacial score (nSPS) is 15.0. The number of aliphatic hydroxyl groups is 1. The molecule has 6 rings (SSSR count). The van der Waals surface area contributed by atoms with Crippen molar-refractivity contribution in [2.45, 2.75) is 22.7 Å². The van der Waals surface area contributed by atoms with Gasteiger partial charge in [-0.05, 0) is 40.3 Å². The number of rotatable bonds is 10. The first kappa shape index (κ1) is 26.9. The Morgan fingerprint density at radius 1 is 0.902 bits per heavy atom. The molecule has 1 aliphatic rings. The van der Waals surface area contributed by atoms with Crippen LogP contribution >= 0.6 is 34.4 Å². The average Bonchev–Trinajstić information content (AvgIpc) is 3.77. The smallest absolute Gasteiger partial charge is 0.296 e. The van der Waals surface area contributed by atoms with Gasteiger partial charge in [-0.2, -0.15) is 0 Å². The molecule has 1 atom stereocenters. The van der Waals surface area contributed by atoms with Crippen LogP contribution in [0, 0.1) is 0 Å². The number of amides is 1. The molecule has 0 spiro atoms. The lowest BCUT2D eigenvalue weighted by Gasteiger charge is -2.24. The number of benzene rings is 3. The zero-order valence-electron chi connectivity index (χ0n) is 21.5. The summed E-state index contributed by atoms with van der Waals surface area (Å²) in [6.45, 7) is 0.408. The van der Waals surface area contributed by atoms with Crippen molar-refractivity contribution in [2.24, 2.45) is 0 Å². The van der Waals surface area contributed by atoms with Gasteiger partial charge in [-0.1, -0.05) is 102 Å². The summed E-state index contributed by atoms with van der Waals surface area (Å²) in [6, 6.07) is 29.6. The molecule has 1 amide bonds. The van der Waals surface area contributed by atoms with Crippen LogP contribution in [0.1, 0.15) is 32.4 Å². The summed E-state index contributed by atoms with van der Waals surface area (Å²) in [5.74, 6) is -0.320. The van der Waals surface area contributed by atoms with Gasteiger partial charge in [-0.15, -0.1) is 21.5 Å². The third kappa shape index (κ3) is 5.81. The van der Waals surface area contributed by atoms with Gasteiger partial charge in [0.15, 0.2) is 10.1 Å². The van der Waals surface area contributed by atoms with Crippen molar-refractivity contribution in [1.82, 2.24) is 10.2 Å². The van der Waals surface area contributed by atoms with Gasteiger partial charge in [-0.3, -0.25) is 14.5 Å². The highest BCUT2D eigenvalue weighted by atomic mass is 32.2. The molecule has 0 radical (unpaired) electrons. The molecule has 1 unspecified atom stereocenters. The minimum atomic E-state index is -0.875. The molecule has 3 heterocycles. The van der Waals surface area contributed by atoms with E-state index in [1.807, 2.05) is 60.7 Å². The van der Waals surface area contributed by atoms with E-state index in [1.165, 1.54) is 39.3 Å². The highest BCUT2D eigenvalue weighted by molar-refractivity contribution is 8.00. The van der Waals surface area contributed by atoms with Crippen molar-refractivity contribution < 1.29 is 19.4 Å². The molecule has 0 aliphatic carbocycles. The predicted octanol–water partition coefficient (Wildman–Crippen LogP) is 7.25. The van der Waals surface area contributed by atoms with Crippen LogP contribution in [-0.4, -0.2) is 27.0 Å². The number of carbonyl (C=O) groups is 2. The summed E-state index contributed by atoms with van der Waals surface area (Å²) >= 11 is 4.02. The van der Waals surface area contributed by atoms with Gasteiger partial charge in [0.1, 0.15) is 12.4 Å². The molecule has 7 nitrogen and oxygen atoms in total. The molecule has 204 valence electrons. The van der Waals surface area contributed by atoms with Crippen molar-refractivity contribution in [3.05, 3.63) is 135 Å². The van der Waals surface area contributed by atoms with Crippen LogP contribution in [0.15, 0.2) is 118 Å². The van der Waals surface area contributed by atoms with E-state index >= 15 is 0 Å². The molecule has 1 aliphatic heterocycles. The van der Waals surface area contributed by atoms with Crippen LogP contribution < -0.4 is 9.64 Å². The lowest BCUT2D eigenvalue weighted by molar-refractivity contribution is -0.117. The van der Waals surface area contributed by atoms with Gasteiger partial charge in [0, 0.05) is 5.75 Å². The number of nitrogens with zero attached hydrogens (tertiary/aromatic N) is 3. The molecule has 0 saturated heterocycles. The lowest BCUT2D eigenvalue weighted by atomic mass is 9.95. The molecule has 1 N–H and O–H groups in total. The number of thioether (sulfide) groups is 1. The van der Waals surface area contributed by atoms with Crippen LogP contribution in [-0.2, 0) is 17.2 Å². The largest absolute Gasteiger partial charge is 0.503 e. The first-order valence-electron chi connectivity index (χ1n) is 12.7. The summed E-state index contributed by atoms with van der Waals surface area (Å²) in [6.07, 6.45) is 0. The molecule has 0 fully saturated rings. The summed E-state index contributed by atoms with van der Waals surface area (Å²) in [5.41, 5.74) is 2.84. The van der Waals surface area contributed by atoms with Crippen LogP contribution in [0.3, 0.4) is 0 Å². The van der Waals surface area contributed by atoms with Crippen molar-refractivity contribution in [1.29, 1.82) is 0 Å². The van der Waals surface area contributed by atoms with E-state index in [0.29, 0.717) is 38.0 Å². The van der Waals surface area contributed by atoms with E-state index in [9.17, 15) is 14.7 Å². The maximum atomic E-state index is 13.6. The van der Waals surface area contributed by atoms with Crippen LogP contribution in [0.2, 0.25) is 0 Å². The highest BCUT2D eigenvalue weighted by Gasteiger charge is 2.46. The minimum absolute atomic E-state index is 0.0177. The van der Waals surface area contributed by atoms with Gasteiger partial charge < -0.3 is 9.84 Å². The van der Waals surface area contributed by atoms with Crippen molar-refractivity contribution >= 4 is 51.3 Å². The van der Waals surface area contributed by atoms with Crippen molar-refractivity contribution in [2.75, 3.05) is 4.90 Å². The van der Waals surface area contributed by atoms with Crippen LogP contribution in [0.5, 0.6) is 5.75 Å². The Labute approximate surface area is 248 Å². The maximum Gasteiger partial charge on any atom is 0.296 e.